The molecule has 0 spiro atoms. The summed E-state index contributed by atoms with van der Waals surface area (Å²) in [4.78, 5) is 46.2. The van der Waals surface area contributed by atoms with Crippen LogP contribution in [0.2, 0.25) is 0 Å². The van der Waals surface area contributed by atoms with E-state index >= 15 is 0 Å². The lowest BCUT2D eigenvalue weighted by atomic mass is 10.1. The number of rotatable bonds is 7. The fourth-order valence-corrected chi connectivity index (χ4v) is 5.02. The number of aliphatic imine (C=N–C) groups is 1. The highest BCUT2D eigenvalue weighted by Crippen LogP contribution is 2.25. The molecule has 3 aliphatic heterocycles. The van der Waals surface area contributed by atoms with Crippen molar-refractivity contribution in [2.45, 2.75) is 37.7 Å². The van der Waals surface area contributed by atoms with Gasteiger partial charge >= 0.3 is 0 Å². The van der Waals surface area contributed by atoms with Crippen LogP contribution in [0.25, 0.3) is 0 Å². The molecule has 0 saturated carbocycles. The molecule has 11 heteroatoms. The Balaban J connectivity index is 1.23. The summed E-state index contributed by atoms with van der Waals surface area (Å²) in [5.74, 6) is -0.833. The Morgan fingerprint density at radius 1 is 1.26 bits per heavy atom. The molecule has 2 fully saturated rings. The number of fused-ring (bicyclic) bond motifs is 1. The van der Waals surface area contributed by atoms with Crippen molar-refractivity contribution >= 4 is 34.9 Å². The number of methoxy groups -OCH3 is 1. The van der Waals surface area contributed by atoms with Crippen LogP contribution in [-0.4, -0.2) is 85.2 Å². The van der Waals surface area contributed by atoms with Gasteiger partial charge in [0.15, 0.2) is 12.2 Å². The minimum Gasteiger partial charge on any atom is -0.383 e. The van der Waals surface area contributed by atoms with Gasteiger partial charge in [-0.3, -0.25) is 19.4 Å². The second kappa shape index (κ2) is 10.9. The van der Waals surface area contributed by atoms with Crippen LogP contribution < -0.4 is 16.0 Å². The number of aliphatic hydroxyl groups is 1. The van der Waals surface area contributed by atoms with Gasteiger partial charge in [0.25, 0.3) is 11.8 Å². The molecule has 0 unspecified atom stereocenters. The van der Waals surface area contributed by atoms with Crippen molar-refractivity contribution in [3.8, 4) is 0 Å². The fourth-order valence-electron chi connectivity index (χ4n) is 5.02. The number of ether oxygens (including phenoxy) is 2. The molecule has 3 heterocycles. The van der Waals surface area contributed by atoms with Crippen molar-refractivity contribution in [3.05, 3.63) is 59.2 Å². The number of likely N-dealkylation sites (tertiary alicyclic amines) is 1. The summed E-state index contributed by atoms with van der Waals surface area (Å²) < 4.78 is 10.9. The maximum Gasteiger partial charge on any atom is 0.259 e. The lowest BCUT2D eigenvalue weighted by Crippen LogP contribution is -2.55. The molecule has 0 aromatic heterocycles. The number of morpholine rings is 1. The molecule has 11 nitrogen and oxygen atoms in total. The van der Waals surface area contributed by atoms with Crippen molar-refractivity contribution in [1.29, 1.82) is 0 Å². The van der Waals surface area contributed by atoms with Crippen LogP contribution in [0.4, 0.5) is 11.4 Å². The number of nitrogens with one attached hydrogen (secondary N) is 1. The van der Waals surface area contributed by atoms with E-state index in [1.54, 1.807) is 48.4 Å². The van der Waals surface area contributed by atoms with Gasteiger partial charge in [0.05, 0.1) is 25.7 Å². The summed E-state index contributed by atoms with van der Waals surface area (Å²) in [7, 11) is 1.65. The number of amides is 3. The SMILES string of the molecule is CO[C@H]1CCN(C(=O)Cc2cccc(N3CCO[C@H]([C@@H](O)C(=O)Nc4ccc5c(c4)CN=C5N)C3=O)c2)C1. The molecule has 4 N–H and O–H groups in total. The summed E-state index contributed by atoms with van der Waals surface area (Å²) in [6, 6.07) is 12.3. The summed E-state index contributed by atoms with van der Waals surface area (Å²) >= 11 is 0. The van der Waals surface area contributed by atoms with E-state index < -0.39 is 24.0 Å². The summed E-state index contributed by atoms with van der Waals surface area (Å²) in [6.07, 6.45) is -1.99. The molecule has 3 amide bonds. The van der Waals surface area contributed by atoms with Crippen LogP contribution in [0.5, 0.6) is 0 Å². The Kier molecular flexibility index (Phi) is 7.41. The molecule has 2 aromatic carbocycles. The number of carbonyl (C=O) groups excluding carboxylic acids is 3. The summed E-state index contributed by atoms with van der Waals surface area (Å²) in [5, 5.41) is 13.4. The van der Waals surface area contributed by atoms with Crippen LogP contribution in [0.1, 0.15) is 23.1 Å². The van der Waals surface area contributed by atoms with Crippen LogP contribution in [0, 0.1) is 0 Å². The number of nitrogens with two attached hydrogens (primary N) is 1. The van der Waals surface area contributed by atoms with Crippen LogP contribution in [0.3, 0.4) is 0 Å². The van der Waals surface area contributed by atoms with Crippen molar-refractivity contribution in [1.82, 2.24) is 4.90 Å². The Hall–Kier alpha value is -3.80. The minimum absolute atomic E-state index is 0.000720. The first kappa shape index (κ1) is 25.8. The molecule has 2 saturated heterocycles. The van der Waals surface area contributed by atoms with Crippen molar-refractivity contribution in [3.63, 3.8) is 0 Å². The lowest BCUT2D eigenvalue weighted by molar-refractivity contribution is -0.150. The standard InChI is InChI=1S/C27H31N5O6/c1-37-20-7-8-31(15-20)22(33)12-16-3-2-4-19(11-16)32-9-10-38-24(27(32)36)23(34)26(35)30-18-5-6-21-17(13-18)14-29-25(21)28/h2-6,11,13,20,23-24,34H,7-10,12,14-15H2,1H3,(H2,28,29)(H,30,35)/t20-,23+,24+/m0/s1. The van der Waals surface area contributed by atoms with E-state index in [4.69, 9.17) is 15.2 Å². The first-order valence-corrected chi connectivity index (χ1v) is 12.6. The molecule has 200 valence electrons. The number of anilines is 2. The van der Waals surface area contributed by atoms with Crippen molar-refractivity contribution in [2.24, 2.45) is 10.7 Å². The number of hydrogen-bond donors (Lipinski definition) is 3. The molecule has 0 radical (unpaired) electrons. The number of nitrogens with zero attached hydrogens (tertiary/aromatic N) is 3. The van der Waals surface area contributed by atoms with Crippen LogP contribution in [0.15, 0.2) is 47.5 Å². The number of aliphatic hydroxyl groups excluding tert-OH is 1. The zero-order chi connectivity index (χ0) is 26.8. The highest BCUT2D eigenvalue weighted by molar-refractivity contribution is 6.05. The number of hydrogen-bond acceptors (Lipinski definition) is 8. The number of amidine groups is 1. The molecule has 2 aromatic rings. The molecule has 0 aliphatic carbocycles. The van der Waals surface area contributed by atoms with Gasteiger partial charge in [-0.25, -0.2) is 0 Å². The Morgan fingerprint density at radius 2 is 2.11 bits per heavy atom. The van der Waals surface area contributed by atoms with E-state index in [9.17, 15) is 19.5 Å². The maximum absolute atomic E-state index is 13.3. The predicted octanol–water partition coefficient (Wildman–Crippen LogP) is 0.427. The monoisotopic (exact) mass is 521 g/mol. The third-order valence-corrected chi connectivity index (χ3v) is 7.15. The smallest absolute Gasteiger partial charge is 0.259 e. The van der Waals surface area contributed by atoms with Gasteiger partial charge in [0.1, 0.15) is 5.84 Å². The maximum atomic E-state index is 13.3. The van der Waals surface area contributed by atoms with Gasteiger partial charge in [0, 0.05) is 43.7 Å². The second-order valence-corrected chi connectivity index (χ2v) is 9.62. The summed E-state index contributed by atoms with van der Waals surface area (Å²) in [5.41, 5.74) is 9.32. The quantitative estimate of drug-likeness (QED) is 0.479. The average molecular weight is 522 g/mol. The highest BCUT2D eigenvalue weighted by atomic mass is 16.5. The predicted molar refractivity (Wildman–Crippen MR) is 140 cm³/mol. The van der Waals surface area contributed by atoms with E-state index in [1.807, 2.05) is 6.07 Å². The Bertz CT molecular complexity index is 1280. The van der Waals surface area contributed by atoms with Gasteiger partial charge < -0.3 is 35.4 Å². The van der Waals surface area contributed by atoms with E-state index in [1.165, 1.54) is 4.90 Å². The zero-order valence-electron chi connectivity index (χ0n) is 21.1. The Morgan fingerprint density at radius 3 is 2.89 bits per heavy atom. The molecular formula is C27H31N5O6. The largest absolute Gasteiger partial charge is 0.383 e. The molecule has 0 bridgehead atoms. The molecule has 3 atom stereocenters. The van der Waals surface area contributed by atoms with Gasteiger partial charge in [0.2, 0.25) is 5.91 Å². The zero-order valence-corrected chi connectivity index (χ0v) is 21.1. The number of benzene rings is 2. The third kappa shape index (κ3) is 5.26. The third-order valence-electron chi connectivity index (χ3n) is 7.15. The second-order valence-electron chi connectivity index (χ2n) is 9.62. The van der Waals surface area contributed by atoms with Gasteiger partial charge in [-0.15, -0.1) is 0 Å². The normalized spacial score (nSPS) is 21.7. The highest BCUT2D eigenvalue weighted by Gasteiger charge is 2.39. The molecular weight excluding hydrogens is 490 g/mol. The lowest BCUT2D eigenvalue weighted by Gasteiger charge is -2.34. The topological polar surface area (TPSA) is 147 Å². The first-order valence-electron chi connectivity index (χ1n) is 12.6. The van der Waals surface area contributed by atoms with E-state index in [0.717, 1.165) is 23.1 Å². The fraction of sp³-hybridized carbons (Fsp3) is 0.407. The summed E-state index contributed by atoms with van der Waals surface area (Å²) in [6.45, 7) is 2.06. The molecule has 3 aliphatic rings. The van der Waals surface area contributed by atoms with Crippen LogP contribution >= 0.6 is 0 Å². The van der Waals surface area contributed by atoms with E-state index in [0.29, 0.717) is 36.8 Å². The first-order chi connectivity index (χ1) is 18.3. The van der Waals surface area contributed by atoms with Crippen molar-refractivity contribution in [2.75, 3.05) is 43.6 Å². The van der Waals surface area contributed by atoms with Gasteiger partial charge in [-0.2, -0.15) is 0 Å². The minimum atomic E-state index is -1.71. The number of carbonyl (C=O) groups is 3. The van der Waals surface area contributed by atoms with Crippen molar-refractivity contribution < 1.29 is 29.0 Å². The Labute approximate surface area is 220 Å². The van der Waals surface area contributed by atoms with Gasteiger partial charge in [-0.05, 0) is 47.9 Å². The average Bonchev–Trinajstić information content (AvgIpc) is 3.55. The van der Waals surface area contributed by atoms with E-state index in [2.05, 4.69) is 10.3 Å². The molecule has 38 heavy (non-hydrogen) atoms. The van der Waals surface area contributed by atoms with Gasteiger partial charge in [-0.1, -0.05) is 12.1 Å². The van der Waals surface area contributed by atoms with Crippen LogP contribution in [-0.2, 0) is 36.8 Å². The van der Waals surface area contributed by atoms with E-state index in [-0.39, 0.29) is 31.6 Å². The molecule has 5 rings (SSSR count).